The first-order chi connectivity index (χ1) is 5.34. The highest BCUT2D eigenvalue weighted by molar-refractivity contribution is 6.13. The van der Waals surface area contributed by atoms with E-state index in [1.165, 1.54) is 0 Å². The molecule has 2 N–H and O–H groups in total. The summed E-state index contributed by atoms with van der Waals surface area (Å²) in [6.45, 7) is 0.666. The van der Waals surface area contributed by atoms with Crippen molar-refractivity contribution in [2.45, 2.75) is 6.42 Å². The number of halogens is 1. The molecular weight excluding hydrogens is 162 g/mol. The summed E-state index contributed by atoms with van der Waals surface area (Å²) in [6.07, 6.45) is 0.746. The van der Waals surface area contributed by atoms with Gasteiger partial charge in [-0.2, -0.15) is 0 Å². The highest BCUT2D eigenvalue weighted by Gasteiger charge is 1.96. The summed E-state index contributed by atoms with van der Waals surface area (Å²) in [4.78, 5) is 2.50. The second-order valence-electron chi connectivity index (χ2n) is 2.26. The second kappa shape index (κ2) is 4.21. The van der Waals surface area contributed by atoms with Gasteiger partial charge >= 0.3 is 0 Å². The minimum absolute atomic E-state index is 0.333. The largest absolute Gasteiger partial charge is 0.508 e. The first kappa shape index (κ1) is 8.37. The van der Waals surface area contributed by atoms with Gasteiger partial charge in [-0.25, -0.2) is 4.84 Å². The molecule has 0 heterocycles. The van der Waals surface area contributed by atoms with E-state index in [0.717, 1.165) is 12.0 Å². The molecule has 0 saturated carbocycles. The summed E-state index contributed by atoms with van der Waals surface area (Å²) in [5.41, 5.74) is 0.917. The lowest BCUT2D eigenvalue weighted by molar-refractivity contribution is 0.468. The van der Waals surface area contributed by atoms with Crippen molar-refractivity contribution in [1.82, 2.24) is 4.84 Å². The molecule has 0 bridgehead atoms. The topological polar surface area (TPSA) is 32.3 Å². The average molecular weight is 172 g/mol. The molecule has 1 aromatic rings. The van der Waals surface area contributed by atoms with Crippen molar-refractivity contribution >= 4 is 11.8 Å². The predicted molar refractivity (Wildman–Crippen MR) is 45.7 cm³/mol. The number of rotatable bonds is 3. The van der Waals surface area contributed by atoms with Gasteiger partial charge in [-0.05, 0) is 29.8 Å². The third kappa shape index (κ3) is 2.41. The lowest BCUT2D eigenvalue weighted by Gasteiger charge is -2.01. The molecule has 60 valence electrons. The van der Waals surface area contributed by atoms with E-state index in [-0.39, 0.29) is 0 Å². The monoisotopic (exact) mass is 171 g/mol. The summed E-state index contributed by atoms with van der Waals surface area (Å²) in [5, 5.41) is 9.27. The molecule has 0 spiro atoms. The molecule has 0 amide bonds. The Labute approximate surface area is 70.9 Å². The molecule has 0 radical (unpaired) electrons. The zero-order valence-corrected chi connectivity index (χ0v) is 6.80. The summed E-state index contributed by atoms with van der Waals surface area (Å²) < 4.78 is 0. The van der Waals surface area contributed by atoms with Crippen LogP contribution in [0.15, 0.2) is 24.3 Å². The fourth-order valence-corrected chi connectivity index (χ4v) is 0.999. The first-order valence-corrected chi connectivity index (χ1v) is 3.83. The zero-order chi connectivity index (χ0) is 8.10. The molecule has 1 rings (SSSR count). The van der Waals surface area contributed by atoms with Crippen molar-refractivity contribution in [1.29, 1.82) is 0 Å². The van der Waals surface area contributed by atoms with E-state index >= 15 is 0 Å². The third-order valence-corrected chi connectivity index (χ3v) is 1.67. The van der Waals surface area contributed by atoms with Gasteiger partial charge in [0.2, 0.25) is 0 Å². The van der Waals surface area contributed by atoms with Gasteiger partial charge < -0.3 is 5.11 Å². The van der Waals surface area contributed by atoms with Crippen molar-refractivity contribution in [2.75, 3.05) is 6.54 Å². The van der Waals surface area contributed by atoms with Gasteiger partial charge in [0.25, 0.3) is 0 Å². The minimum Gasteiger partial charge on any atom is -0.508 e. The lowest BCUT2D eigenvalue weighted by atomic mass is 10.1. The smallest absolute Gasteiger partial charge is 0.118 e. The maximum absolute atomic E-state index is 9.27. The molecule has 0 aromatic heterocycles. The Hall–Kier alpha value is -0.730. The Morgan fingerprint density at radius 2 is 2.09 bits per heavy atom. The van der Waals surface area contributed by atoms with Gasteiger partial charge in [0, 0.05) is 6.54 Å². The molecule has 0 fully saturated rings. The number of hydrogen-bond donors (Lipinski definition) is 2. The van der Waals surface area contributed by atoms with E-state index in [4.69, 9.17) is 11.8 Å². The van der Waals surface area contributed by atoms with Crippen LogP contribution in [0.3, 0.4) is 0 Å². The Morgan fingerprint density at radius 1 is 1.36 bits per heavy atom. The lowest BCUT2D eigenvalue weighted by Crippen LogP contribution is -2.04. The standard InChI is InChI=1S/C8H10ClNO/c9-10-6-5-7-3-1-2-4-8(7)11/h1-4,10-11H,5-6H2. The molecule has 0 aliphatic heterocycles. The zero-order valence-electron chi connectivity index (χ0n) is 6.05. The van der Waals surface area contributed by atoms with Gasteiger partial charge in [0.15, 0.2) is 0 Å². The molecule has 0 aliphatic rings. The van der Waals surface area contributed by atoms with Crippen LogP contribution in [-0.4, -0.2) is 11.7 Å². The number of nitrogens with one attached hydrogen (secondary N) is 1. The van der Waals surface area contributed by atoms with E-state index in [2.05, 4.69) is 4.84 Å². The Kier molecular flexibility index (Phi) is 3.20. The summed E-state index contributed by atoms with van der Waals surface area (Å²) in [5.74, 6) is 0.333. The highest BCUT2D eigenvalue weighted by Crippen LogP contribution is 2.15. The summed E-state index contributed by atoms with van der Waals surface area (Å²) in [7, 11) is 0. The molecule has 0 atom stereocenters. The maximum atomic E-state index is 9.27. The van der Waals surface area contributed by atoms with Crippen LogP contribution in [0.1, 0.15) is 5.56 Å². The molecule has 0 aliphatic carbocycles. The SMILES string of the molecule is Oc1ccccc1CCNCl. The van der Waals surface area contributed by atoms with Crippen molar-refractivity contribution in [3.05, 3.63) is 29.8 Å². The van der Waals surface area contributed by atoms with Gasteiger partial charge in [-0.3, -0.25) is 0 Å². The molecule has 2 nitrogen and oxygen atoms in total. The van der Waals surface area contributed by atoms with Crippen molar-refractivity contribution in [3.63, 3.8) is 0 Å². The number of para-hydroxylation sites is 1. The normalized spacial score (nSPS) is 9.91. The van der Waals surface area contributed by atoms with Crippen molar-refractivity contribution < 1.29 is 5.11 Å². The predicted octanol–water partition coefficient (Wildman–Crippen LogP) is 1.68. The molecule has 3 heteroatoms. The van der Waals surface area contributed by atoms with Gasteiger partial charge in [-0.1, -0.05) is 18.2 Å². The summed E-state index contributed by atoms with van der Waals surface area (Å²) in [6, 6.07) is 7.24. The number of phenols is 1. The van der Waals surface area contributed by atoms with Crippen LogP contribution >= 0.6 is 11.8 Å². The number of hydrogen-bond acceptors (Lipinski definition) is 2. The number of aromatic hydroxyl groups is 1. The van der Waals surface area contributed by atoms with Crippen LogP contribution in [0.4, 0.5) is 0 Å². The summed E-state index contributed by atoms with van der Waals surface area (Å²) >= 11 is 5.27. The number of benzene rings is 1. The van der Waals surface area contributed by atoms with E-state index in [0.29, 0.717) is 12.3 Å². The average Bonchev–Trinajstić information content (AvgIpc) is 2.03. The van der Waals surface area contributed by atoms with E-state index in [1.54, 1.807) is 12.1 Å². The Bertz CT molecular complexity index is 227. The van der Waals surface area contributed by atoms with Crippen LogP contribution in [0.5, 0.6) is 5.75 Å². The quantitative estimate of drug-likeness (QED) is 0.679. The number of phenolic OH excluding ortho intramolecular Hbond substituents is 1. The van der Waals surface area contributed by atoms with Gasteiger partial charge in [0.1, 0.15) is 5.75 Å². The van der Waals surface area contributed by atoms with Crippen LogP contribution < -0.4 is 4.84 Å². The van der Waals surface area contributed by atoms with E-state index < -0.39 is 0 Å². The Morgan fingerprint density at radius 3 is 2.73 bits per heavy atom. The molecule has 11 heavy (non-hydrogen) atoms. The first-order valence-electron chi connectivity index (χ1n) is 3.45. The third-order valence-electron chi connectivity index (χ3n) is 1.48. The van der Waals surface area contributed by atoms with Gasteiger partial charge in [0.05, 0.1) is 0 Å². The molecule has 1 aromatic carbocycles. The second-order valence-corrected chi connectivity index (χ2v) is 2.53. The van der Waals surface area contributed by atoms with Gasteiger partial charge in [-0.15, -0.1) is 0 Å². The van der Waals surface area contributed by atoms with Crippen LogP contribution in [0, 0.1) is 0 Å². The Balaban J connectivity index is 2.62. The van der Waals surface area contributed by atoms with Crippen LogP contribution in [-0.2, 0) is 6.42 Å². The van der Waals surface area contributed by atoms with E-state index in [9.17, 15) is 5.11 Å². The molecule has 0 unspecified atom stereocenters. The van der Waals surface area contributed by atoms with Crippen molar-refractivity contribution in [3.8, 4) is 5.75 Å². The highest BCUT2D eigenvalue weighted by atomic mass is 35.5. The van der Waals surface area contributed by atoms with Crippen molar-refractivity contribution in [2.24, 2.45) is 0 Å². The fourth-order valence-electron chi connectivity index (χ4n) is 0.904. The van der Waals surface area contributed by atoms with Crippen LogP contribution in [0.25, 0.3) is 0 Å². The maximum Gasteiger partial charge on any atom is 0.118 e. The molecule has 0 saturated heterocycles. The molecular formula is C8H10ClNO. The van der Waals surface area contributed by atoms with Crippen LogP contribution in [0.2, 0.25) is 0 Å². The van der Waals surface area contributed by atoms with E-state index in [1.807, 2.05) is 12.1 Å². The minimum atomic E-state index is 0.333. The fraction of sp³-hybridized carbons (Fsp3) is 0.250.